The number of aromatic nitrogens is 4. The van der Waals surface area contributed by atoms with Crippen molar-refractivity contribution in [3.8, 4) is 12.1 Å². The number of Topliss-reactive ketones (excluding diaryl/α,β-unsaturated/α-hetero) is 1. The SMILES string of the molecule is CC(=O)c1ccc([N+](=O)[O-])cc1Cl.CC(C)Cc1cc(C#N)ccn1.CC(C)Cc1cc(C(N)=O)ccn1.CC(C)Cc1cc(C(N)=S)ccn1.N#Cc1ccncc1.O=C(Cl)c1ccc([N+](=O)[O-])cc1Cl.O=C(O)c1ccc([N+](=O)[O-])cc1Cl.O=S(Cl)Cl.S=PP=S=S=S=S.[K+].[OH-]. The molecule has 98 heavy (non-hydrogen) atoms. The van der Waals surface area contributed by atoms with Crippen LogP contribution in [0.2, 0.25) is 15.1 Å². The minimum Gasteiger partial charge on any atom is -0.870 e. The molecule has 4 aromatic heterocycles. The van der Waals surface area contributed by atoms with E-state index in [0.717, 1.165) is 79.3 Å². The summed E-state index contributed by atoms with van der Waals surface area (Å²) in [5, 5.41) is 55.4. The van der Waals surface area contributed by atoms with Gasteiger partial charge in [-0.2, -0.15) is 10.5 Å². The van der Waals surface area contributed by atoms with Crippen molar-refractivity contribution in [2.45, 2.75) is 67.7 Å². The van der Waals surface area contributed by atoms with Crippen LogP contribution in [0.25, 0.3) is 0 Å². The average molecular weight is 1660 g/mol. The van der Waals surface area contributed by atoms with Gasteiger partial charge in [-0.05, 0) is 173 Å². The van der Waals surface area contributed by atoms with Gasteiger partial charge in [-0.15, -0.1) is 0 Å². The summed E-state index contributed by atoms with van der Waals surface area (Å²) < 4.78 is 9.09. The number of non-ortho nitro benzene ring substituents is 3. The fourth-order valence-corrected chi connectivity index (χ4v) is 17.1. The quantitative estimate of drug-likeness (QED) is 0.0163. The Kier molecular flexibility index (Phi) is 58.1. The molecule has 24 nitrogen and oxygen atoms in total. The average Bonchev–Trinajstić information content (AvgIpc) is 0.890. The van der Waals surface area contributed by atoms with Crippen molar-refractivity contribution < 1.29 is 100 Å². The number of carbonyl (C=O) groups is 4. The summed E-state index contributed by atoms with van der Waals surface area (Å²) >= 11 is 35.9. The number of thiocarbonyl (C=S) groups is 1. The maximum Gasteiger partial charge on any atom is 1.00 e. The van der Waals surface area contributed by atoms with Gasteiger partial charge >= 0.3 is 57.4 Å². The number of nitro benzene ring substituents is 3. The number of carboxylic acids is 1. The van der Waals surface area contributed by atoms with E-state index in [-0.39, 0.29) is 106 Å². The van der Waals surface area contributed by atoms with Crippen molar-refractivity contribution in [1.29, 1.82) is 10.5 Å². The first-order chi connectivity index (χ1) is 45.0. The van der Waals surface area contributed by atoms with Crippen LogP contribution in [-0.4, -0.2) is 77.4 Å². The number of nitriles is 2. The summed E-state index contributed by atoms with van der Waals surface area (Å²) in [7, 11) is 14.2. The van der Waals surface area contributed by atoms with Crippen LogP contribution in [0.15, 0.2) is 134 Å². The van der Waals surface area contributed by atoms with Crippen molar-refractivity contribution in [2.75, 3.05) is 0 Å². The first-order valence-corrected chi connectivity index (χ1v) is 39.6. The van der Waals surface area contributed by atoms with Crippen molar-refractivity contribution in [1.82, 2.24) is 19.9 Å². The van der Waals surface area contributed by atoms with E-state index in [1.165, 1.54) is 47.1 Å². The number of nitrogens with two attached hydrogens (primary N) is 2. The Balaban J connectivity index is -0.000000513. The summed E-state index contributed by atoms with van der Waals surface area (Å²) in [4.78, 5) is 88.6. The molecule has 6 N–H and O–H groups in total. The van der Waals surface area contributed by atoms with Crippen LogP contribution in [-0.2, 0) is 78.7 Å². The number of nitrogens with zero attached hydrogens (tertiary/aromatic N) is 9. The maximum atomic E-state index is 10.9. The number of rotatable bonds is 15. The normalized spacial score (nSPS) is 9.42. The van der Waals surface area contributed by atoms with E-state index in [2.05, 4.69) is 112 Å². The van der Waals surface area contributed by atoms with E-state index in [0.29, 0.717) is 45.0 Å². The van der Waals surface area contributed by atoms with Crippen molar-refractivity contribution in [2.24, 2.45) is 29.2 Å². The molecule has 0 spiro atoms. The van der Waals surface area contributed by atoms with Crippen molar-refractivity contribution >= 4 is 199 Å². The summed E-state index contributed by atoms with van der Waals surface area (Å²) in [5.41, 5.74) is 16.1. The standard InChI is InChI=1S/C10H14N2O.C10H14N2S.C10H12N2.C8H6ClNO3.C7H3Cl2NO3.C7H4ClNO4.C6H4N2.Cl2OS.K.H2O.P2S5/c2*1-7(2)5-9-6-8(10(11)13)3-4-12-9;1-8(2)5-10-6-9(7-11)3-4-12-10;1-5(11)7-3-2-6(10(12)13)4-8(7)9;8-6-3-4(10(12)13)1-2-5(6)7(9)11;8-6-3-4(9(12)13)1-2-5(6)7(10)11;7-5-6-1-3-8-4-2-6;1-4(2)3;;;3-1-2-5-7-6-4/h2*3-4,6-7H,5H2,1-2H3,(H2,11,13);3-4,6,8H,5H2,1-2H3;2-4H,1H3;1-3H;1-3H,(H,10,11);1-4H;;;1H2;/q;;;;;;;;+1;;/p-1. The molecule has 7 aromatic rings. The number of nitro groups is 3. The predicted octanol–water partition coefficient (Wildman–Crippen LogP) is 13.0. The topological polar surface area (TPSA) is 416 Å². The van der Waals surface area contributed by atoms with Crippen LogP contribution in [0.4, 0.5) is 17.1 Å². The van der Waals surface area contributed by atoms with Gasteiger partial charge in [0, 0.05) is 137 Å². The first-order valence-electron chi connectivity index (χ1n) is 26.3. The van der Waals surface area contributed by atoms with Crippen LogP contribution >= 0.6 is 94.1 Å². The molecule has 0 radical (unpaired) electrons. The van der Waals surface area contributed by atoms with E-state index in [4.69, 9.17) is 89.9 Å². The van der Waals surface area contributed by atoms with Gasteiger partial charge in [0.05, 0.1) is 64.2 Å². The van der Waals surface area contributed by atoms with Crippen LogP contribution in [0.3, 0.4) is 0 Å². The molecule has 0 aliphatic rings. The fraction of sp³-hybridized carbons (Fsp3) is 0.224. The van der Waals surface area contributed by atoms with Gasteiger partial charge in [0.15, 0.2) is 5.78 Å². The number of hydrogen-bond acceptors (Lipinski definition) is 21. The van der Waals surface area contributed by atoms with Gasteiger partial charge in [0.25, 0.3) is 22.3 Å². The second-order valence-corrected chi connectivity index (χ2v) is 33.3. The number of benzene rings is 3. The molecule has 0 fully saturated rings. The maximum absolute atomic E-state index is 10.9. The molecule has 518 valence electrons. The van der Waals surface area contributed by atoms with Gasteiger partial charge in [-0.3, -0.25) is 64.7 Å². The number of carbonyl (C=O) groups excluding carboxylic acids is 3. The predicted molar refractivity (Wildman–Crippen MR) is 400 cm³/mol. The molecule has 1 amide bonds. The molecule has 0 saturated heterocycles. The van der Waals surface area contributed by atoms with Gasteiger partial charge in [-0.1, -0.05) is 88.6 Å². The van der Waals surface area contributed by atoms with Crippen LogP contribution in [0.1, 0.15) is 124 Å². The van der Waals surface area contributed by atoms with Gasteiger partial charge < -0.3 is 22.1 Å². The first kappa shape index (κ1) is 99.2. The Hall–Kier alpha value is -5.20. The zero-order valence-electron chi connectivity index (χ0n) is 52.6. The molecule has 4 heterocycles. The monoisotopic (exact) mass is 1650 g/mol. The minimum atomic E-state index is -1.67. The third-order valence-electron chi connectivity index (χ3n) is 10.2. The Morgan fingerprint density at radius 3 is 1.30 bits per heavy atom. The number of pyridine rings is 4. The van der Waals surface area contributed by atoms with E-state index < -0.39 is 41.1 Å². The fourth-order valence-electron chi connectivity index (χ4n) is 6.34. The molecule has 0 bridgehead atoms. The molecule has 3 aromatic carbocycles. The molecule has 0 unspecified atom stereocenters. The molecular formula is C58H58Cl6KN11O13P2S7. The molecule has 0 saturated carbocycles. The molecule has 0 atom stereocenters. The second kappa shape index (κ2) is 57.4. The number of primary amides is 1. The van der Waals surface area contributed by atoms with Gasteiger partial charge in [-0.25, -0.2) is 9.00 Å². The number of hydrogen-bond donors (Lipinski definition) is 3. The summed E-state index contributed by atoms with van der Waals surface area (Å²) in [5.74, 6) is -0.0802. The number of carboxylic acid groups (broad SMARTS) is 1. The Morgan fingerprint density at radius 1 is 0.633 bits per heavy atom. The number of amides is 1. The summed E-state index contributed by atoms with van der Waals surface area (Å²) in [6, 6.07) is 28.6. The van der Waals surface area contributed by atoms with Crippen LogP contribution in [0, 0.1) is 70.8 Å². The Labute approximate surface area is 665 Å². The van der Waals surface area contributed by atoms with E-state index in [9.17, 15) is 49.5 Å². The van der Waals surface area contributed by atoms with Crippen LogP contribution in [0.5, 0.6) is 0 Å². The van der Waals surface area contributed by atoms with E-state index in [1.807, 2.05) is 24.3 Å². The number of aromatic carboxylic acids is 1. The zero-order valence-corrected chi connectivity index (χ0v) is 67.8. The largest absolute Gasteiger partial charge is 1.00 e. The van der Waals surface area contributed by atoms with Crippen molar-refractivity contribution in [3.63, 3.8) is 0 Å². The third kappa shape index (κ3) is 47.8. The molecule has 7 rings (SSSR count). The minimum absolute atomic E-state index is 0. The van der Waals surface area contributed by atoms with Gasteiger partial charge in [0.2, 0.25) is 15.1 Å². The van der Waals surface area contributed by atoms with E-state index >= 15 is 0 Å². The summed E-state index contributed by atoms with van der Waals surface area (Å²) in [6.07, 6.45) is 11.0. The number of ketones is 1. The van der Waals surface area contributed by atoms with Gasteiger partial charge in [0.1, 0.15) is 4.99 Å². The van der Waals surface area contributed by atoms with Crippen molar-refractivity contribution in [3.05, 3.63) is 236 Å². The third-order valence-corrected chi connectivity index (χ3v) is 21.6. The zero-order chi connectivity index (χ0) is 73.6. The number of halogens is 6. The Morgan fingerprint density at radius 2 is 0.990 bits per heavy atom. The molecule has 0 aliphatic heterocycles. The van der Waals surface area contributed by atoms with Crippen LogP contribution < -0.4 is 62.9 Å². The second-order valence-electron chi connectivity index (χ2n) is 19.0. The Bertz CT molecular complexity index is 3840. The molecule has 40 heteroatoms. The smallest absolute Gasteiger partial charge is 0.870 e. The molecule has 0 aliphatic carbocycles. The molecular weight excluding hydrogens is 1600 g/mol. The van der Waals surface area contributed by atoms with E-state index in [1.54, 1.807) is 79.7 Å². The summed E-state index contributed by atoms with van der Waals surface area (Å²) in [6.45, 7) is 14.2.